The summed E-state index contributed by atoms with van der Waals surface area (Å²) in [5.41, 5.74) is 2.01. The summed E-state index contributed by atoms with van der Waals surface area (Å²) >= 11 is 1.35. The van der Waals surface area contributed by atoms with Gasteiger partial charge in [-0.05, 0) is 41.2 Å². The van der Waals surface area contributed by atoms with Crippen LogP contribution in [0.1, 0.15) is 54.7 Å². The van der Waals surface area contributed by atoms with Crippen molar-refractivity contribution in [1.82, 2.24) is 20.6 Å². The maximum absolute atomic E-state index is 15.5. The second-order valence-corrected chi connectivity index (χ2v) is 13.5. The van der Waals surface area contributed by atoms with E-state index in [1.807, 2.05) is 40.7 Å². The van der Waals surface area contributed by atoms with E-state index in [-0.39, 0.29) is 29.1 Å². The number of ether oxygens (including phenoxy) is 2. The molecule has 2 aromatic carbocycles. The van der Waals surface area contributed by atoms with Crippen molar-refractivity contribution in [3.8, 4) is 34.0 Å². The summed E-state index contributed by atoms with van der Waals surface area (Å²) in [6.07, 6.45) is 3.18. The third-order valence-corrected chi connectivity index (χ3v) is 8.57. The number of aliphatic carboxylic acids is 1. The Morgan fingerprint density at radius 1 is 0.979 bits per heavy atom. The lowest BCUT2D eigenvalue weighted by Crippen LogP contribution is -2.49. The Kier molecular flexibility index (Phi) is 11.3. The Hall–Kier alpha value is -4.84. The number of thiophene rings is 1. The smallest absolute Gasteiger partial charge is 0.322 e. The van der Waals surface area contributed by atoms with Crippen LogP contribution in [0.25, 0.3) is 22.5 Å². The number of carbonyl (C=O) groups is 3. The highest BCUT2D eigenvalue weighted by molar-refractivity contribution is 7.14. The van der Waals surface area contributed by atoms with Crippen LogP contribution in [0.2, 0.25) is 0 Å². The summed E-state index contributed by atoms with van der Waals surface area (Å²) in [7, 11) is 1.46. The van der Waals surface area contributed by atoms with Gasteiger partial charge in [-0.3, -0.25) is 14.4 Å². The fourth-order valence-corrected chi connectivity index (χ4v) is 5.50. The first-order valence-corrected chi connectivity index (χ1v) is 15.9. The van der Waals surface area contributed by atoms with Crippen molar-refractivity contribution in [2.24, 2.45) is 5.92 Å². The van der Waals surface area contributed by atoms with Gasteiger partial charge < -0.3 is 25.2 Å². The summed E-state index contributed by atoms with van der Waals surface area (Å²) < 4.78 is 26.4. The van der Waals surface area contributed by atoms with E-state index >= 15 is 4.39 Å². The molecule has 0 saturated heterocycles. The zero-order valence-corrected chi connectivity index (χ0v) is 28.0. The molecule has 0 aliphatic carbocycles. The first-order chi connectivity index (χ1) is 22.3. The Morgan fingerprint density at radius 3 is 2.23 bits per heavy atom. The van der Waals surface area contributed by atoms with Gasteiger partial charge in [0.15, 0.2) is 23.1 Å². The quantitative estimate of drug-likeness (QED) is 0.161. The largest absolute Gasteiger partial charge is 0.493 e. The van der Waals surface area contributed by atoms with Gasteiger partial charge in [-0.2, -0.15) is 0 Å². The summed E-state index contributed by atoms with van der Waals surface area (Å²) in [4.78, 5) is 47.4. The van der Waals surface area contributed by atoms with Gasteiger partial charge in [0.1, 0.15) is 12.6 Å². The Bertz CT molecular complexity index is 1720. The molecule has 10 nitrogen and oxygen atoms in total. The molecular formula is C35H39FN4O6S. The Labute approximate surface area is 277 Å². The number of carbonyl (C=O) groups excluding carboxylic acids is 2. The topological polar surface area (TPSA) is 140 Å². The van der Waals surface area contributed by atoms with E-state index in [9.17, 15) is 14.4 Å². The molecule has 1 unspecified atom stereocenters. The standard InChI is InChI=1S/C35H39FN4O6S/c1-20(2)19-46-31-26(45-6)12-11-24(30(31)36)23-16-37-32(38-17-23)22-9-7-21(8-10-22)15-25(33(43)39-18-29(41)42)40-34(44)27-13-14-28(47-27)35(3,4)5/h7-14,16-17,20,25H,15,18-19H2,1-6H3,(H,39,43)(H,40,44)(H,41,42). The van der Waals surface area contributed by atoms with E-state index in [4.69, 9.17) is 14.6 Å². The molecule has 2 heterocycles. The predicted molar refractivity (Wildman–Crippen MR) is 178 cm³/mol. The second kappa shape index (κ2) is 15.2. The number of hydrogen-bond donors (Lipinski definition) is 3. The lowest BCUT2D eigenvalue weighted by Gasteiger charge is -2.18. The molecule has 0 bridgehead atoms. The molecule has 0 fully saturated rings. The number of nitrogens with zero attached hydrogens (tertiary/aromatic N) is 2. The number of benzene rings is 2. The van der Waals surface area contributed by atoms with Crippen LogP contribution >= 0.6 is 11.3 Å². The number of methoxy groups -OCH3 is 1. The summed E-state index contributed by atoms with van der Waals surface area (Å²) in [6, 6.07) is 12.9. The zero-order valence-electron chi connectivity index (χ0n) is 27.2. The monoisotopic (exact) mass is 662 g/mol. The molecule has 0 aliphatic heterocycles. The second-order valence-electron chi connectivity index (χ2n) is 12.4. The normalized spacial score (nSPS) is 12.0. The van der Waals surface area contributed by atoms with Gasteiger partial charge in [0.05, 0.1) is 18.6 Å². The maximum atomic E-state index is 15.5. The molecule has 0 radical (unpaired) electrons. The minimum atomic E-state index is -1.19. The Balaban J connectivity index is 1.50. The van der Waals surface area contributed by atoms with Crippen molar-refractivity contribution in [3.05, 3.63) is 82.1 Å². The van der Waals surface area contributed by atoms with E-state index < -0.39 is 36.2 Å². The maximum Gasteiger partial charge on any atom is 0.322 e. The van der Waals surface area contributed by atoms with Crippen LogP contribution in [0.5, 0.6) is 11.5 Å². The zero-order chi connectivity index (χ0) is 34.3. The van der Waals surface area contributed by atoms with E-state index in [1.165, 1.54) is 30.8 Å². The van der Waals surface area contributed by atoms with Crippen molar-refractivity contribution in [2.45, 2.75) is 52.5 Å². The van der Waals surface area contributed by atoms with E-state index in [0.717, 1.165) is 10.4 Å². The minimum Gasteiger partial charge on any atom is -0.493 e. The molecule has 0 saturated carbocycles. The molecular weight excluding hydrogens is 623 g/mol. The molecule has 2 aromatic heterocycles. The highest BCUT2D eigenvalue weighted by Gasteiger charge is 2.25. The van der Waals surface area contributed by atoms with Gasteiger partial charge in [0.25, 0.3) is 5.91 Å². The lowest BCUT2D eigenvalue weighted by molar-refractivity contribution is -0.138. The highest BCUT2D eigenvalue weighted by atomic mass is 32.1. The molecule has 0 spiro atoms. The highest BCUT2D eigenvalue weighted by Crippen LogP contribution is 2.37. The summed E-state index contributed by atoms with van der Waals surface area (Å²) in [5, 5.41) is 14.2. The van der Waals surface area contributed by atoms with Crippen LogP contribution < -0.4 is 20.1 Å². The number of nitrogens with one attached hydrogen (secondary N) is 2. The molecule has 1 atom stereocenters. The lowest BCUT2D eigenvalue weighted by atomic mass is 9.95. The van der Waals surface area contributed by atoms with E-state index in [0.29, 0.717) is 34.2 Å². The average Bonchev–Trinajstić information content (AvgIpc) is 3.55. The van der Waals surface area contributed by atoms with Gasteiger partial charge in [0.2, 0.25) is 5.91 Å². The molecule has 12 heteroatoms. The number of halogens is 1. The minimum absolute atomic E-state index is 0.0366. The van der Waals surface area contributed by atoms with Crippen LogP contribution in [0.15, 0.2) is 60.9 Å². The third kappa shape index (κ3) is 9.13. The van der Waals surface area contributed by atoms with Gasteiger partial charge in [-0.1, -0.05) is 58.9 Å². The van der Waals surface area contributed by atoms with Crippen molar-refractivity contribution in [1.29, 1.82) is 0 Å². The van der Waals surface area contributed by atoms with Crippen LogP contribution in [0.3, 0.4) is 0 Å². The van der Waals surface area contributed by atoms with E-state index in [1.54, 1.807) is 42.5 Å². The molecule has 248 valence electrons. The molecule has 4 aromatic rings. The van der Waals surface area contributed by atoms with Crippen molar-refractivity contribution >= 4 is 29.1 Å². The van der Waals surface area contributed by atoms with Crippen molar-refractivity contribution < 1.29 is 33.4 Å². The van der Waals surface area contributed by atoms with Gasteiger partial charge in [-0.25, -0.2) is 14.4 Å². The Morgan fingerprint density at radius 2 is 1.66 bits per heavy atom. The van der Waals surface area contributed by atoms with Crippen LogP contribution in [0, 0.1) is 11.7 Å². The SMILES string of the molecule is COc1ccc(-c2cnc(-c3ccc(CC(NC(=O)c4ccc(C(C)(C)C)s4)C(=O)NCC(=O)O)cc3)nc2)c(F)c1OCC(C)C. The number of hydrogen-bond acceptors (Lipinski definition) is 8. The summed E-state index contributed by atoms with van der Waals surface area (Å²) in [5.74, 6) is -1.85. The number of amides is 2. The first-order valence-electron chi connectivity index (χ1n) is 15.1. The van der Waals surface area contributed by atoms with Gasteiger partial charge in [-0.15, -0.1) is 11.3 Å². The van der Waals surface area contributed by atoms with Crippen molar-refractivity contribution in [2.75, 3.05) is 20.3 Å². The third-order valence-electron chi connectivity index (χ3n) is 7.06. The number of aromatic nitrogens is 2. The van der Waals surface area contributed by atoms with Crippen LogP contribution in [0.4, 0.5) is 4.39 Å². The molecule has 4 rings (SSSR count). The number of rotatable bonds is 13. The molecule has 3 N–H and O–H groups in total. The van der Waals surface area contributed by atoms with Gasteiger partial charge in [0, 0.05) is 40.4 Å². The average molecular weight is 663 g/mol. The number of carboxylic acids is 1. The van der Waals surface area contributed by atoms with Gasteiger partial charge >= 0.3 is 5.97 Å². The van der Waals surface area contributed by atoms with Crippen LogP contribution in [-0.2, 0) is 21.4 Å². The first kappa shape index (κ1) is 35.0. The molecule has 2 amide bonds. The van der Waals surface area contributed by atoms with E-state index in [2.05, 4.69) is 20.6 Å². The molecule has 0 aliphatic rings. The van der Waals surface area contributed by atoms with Crippen molar-refractivity contribution in [3.63, 3.8) is 0 Å². The summed E-state index contributed by atoms with van der Waals surface area (Å²) in [6.45, 7) is 9.84. The fourth-order valence-electron chi connectivity index (χ4n) is 4.54. The fraction of sp³-hybridized carbons (Fsp3) is 0.343. The van der Waals surface area contributed by atoms with Crippen LogP contribution in [-0.4, -0.2) is 59.2 Å². The molecule has 47 heavy (non-hydrogen) atoms. The predicted octanol–water partition coefficient (Wildman–Crippen LogP) is 5.89. The number of carboxylic acid groups (broad SMARTS) is 1.